The standard InChI is InChI=1S/C21H18O14/c22-6-2-1-5(3-7(6)23)16-18(12(27)10-8(24)4-9(25)11(26)17(10)33-16)34-21-15(30)13(28)14(29)19(35-21)20(31)32/h1-4,13-15,19,21-26,28-30H,(H,31,32)/t13?,14-,15?,19-,21+/m0/s1. The second-order valence-electron chi connectivity index (χ2n) is 7.61. The number of aromatic hydroxyl groups is 5. The van der Waals surface area contributed by atoms with Gasteiger partial charge in [0.05, 0.1) is 0 Å². The minimum Gasteiger partial charge on any atom is -0.507 e. The Bertz CT molecular complexity index is 1380. The van der Waals surface area contributed by atoms with Gasteiger partial charge in [0.25, 0.3) is 0 Å². The van der Waals surface area contributed by atoms with Crippen LogP contribution in [-0.2, 0) is 9.53 Å². The molecule has 2 aromatic carbocycles. The Morgan fingerprint density at radius 1 is 0.857 bits per heavy atom. The molecule has 4 rings (SSSR count). The summed E-state index contributed by atoms with van der Waals surface area (Å²) in [5.41, 5.74) is -2.06. The fraction of sp³-hybridized carbons (Fsp3) is 0.238. The molecule has 1 saturated heterocycles. The summed E-state index contributed by atoms with van der Waals surface area (Å²) in [4.78, 5) is 24.7. The molecule has 0 aliphatic carbocycles. The lowest BCUT2D eigenvalue weighted by Gasteiger charge is -2.38. The van der Waals surface area contributed by atoms with Crippen LogP contribution in [0.25, 0.3) is 22.3 Å². The first-order valence-electron chi connectivity index (χ1n) is 9.78. The third-order valence-corrected chi connectivity index (χ3v) is 5.34. The van der Waals surface area contributed by atoms with Gasteiger partial charge in [0, 0.05) is 11.6 Å². The first-order valence-corrected chi connectivity index (χ1v) is 9.78. The number of carboxylic acid groups (broad SMARTS) is 1. The summed E-state index contributed by atoms with van der Waals surface area (Å²) in [7, 11) is 0. The molecule has 0 spiro atoms. The van der Waals surface area contributed by atoms with Gasteiger partial charge >= 0.3 is 5.97 Å². The van der Waals surface area contributed by atoms with Crippen LogP contribution >= 0.6 is 0 Å². The van der Waals surface area contributed by atoms with Crippen LogP contribution in [0, 0.1) is 0 Å². The quantitative estimate of drug-likeness (QED) is 0.160. The van der Waals surface area contributed by atoms with Crippen molar-refractivity contribution in [1.82, 2.24) is 0 Å². The molecule has 2 unspecified atom stereocenters. The van der Waals surface area contributed by atoms with Crippen LogP contribution in [0.3, 0.4) is 0 Å². The molecule has 1 fully saturated rings. The maximum absolute atomic E-state index is 13.3. The number of aliphatic hydroxyl groups is 3. The van der Waals surface area contributed by atoms with Gasteiger partial charge in [-0.15, -0.1) is 0 Å². The molecular weight excluding hydrogens is 476 g/mol. The number of aliphatic carboxylic acids is 1. The first kappa shape index (κ1) is 23.9. The molecule has 14 heteroatoms. The number of aliphatic hydroxyl groups excluding tert-OH is 3. The van der Waals surface area contributed by atoms with E-state index in [2.05, 4.69) is 0 Å². The van der Waals surface area contributed by atoms with Gasteiger partial charge in [-0.1, -0.05) is 0 Å². The Morgan fingerprint density at radius 3 is 2.17 bits per heavy atom. The summed E-state index contributed by atoms with van der Waals surface area (Å²) in [6.07, 6.45) is -10.3. The molecule has 0 bridgehead atoms. The Labute approximate surface area is 193 Å². The van der Waals surface area contributed by atoms with Gasteiger partial charge in [-0.25, -0.2) is 4.79 Å². The van der Waals surface area contributed by atoms with Gasteiger partial charge in [-0.2, -0.15) is 0 Å². The van der Waals surface area contributed by atoms with Crippen molar-refractivity contribution in [2.45, 2.75) is 30.7 Å². The van der Waals surface area contributed by atoms with Crippen LogP contribution in [0.5, 0.6) is 34.5 Å². The van der Waals surface area contributed by atoms with E-state index in [-0.39, 0.29) is 5.56 Å². The minimum atomic E-state index is -2.07. The average molecular weight is 494 g/mol. The number of hydrogen-bond acceptors (Lipinski definition) is 13. The maximum atomic E-state index is 13.3. The monoisotopic (exact) mass is 494 g/mol. The van der Waals surface area contributed by atoms with Gasteiger partial charge in [-0.3, -0.25) is 4.79 Å². The number of benzene rings is 2. The fourth-order valence-corrected chi connectivity index (χ4v) is 3.53. The Kier molecular flexibility index (Phi) is 5.82. The number of carbonyl (C=O) groups is 1. The summed E-state index contributed by atoms with van der Waals surface area (Å²) in [5.74, 6) is -7.01. The number of rotatable bonds is 4. The molecule has 3 aromatic rings. The second kappa shape index (κ2) is 8.52. The topological polar surface area (TPSA) is 248 Å². The lowest BCUT2D eigenvalue weighted by molar-refractivity contribution is -0.271. The number of carboxylic acids is 1. The molecule has 0 radical (unpaired) electrons. The van der Waals surface area contributed by atoms with Crippen LogP contribution in [0.4, 0.5) is 0 Å². The van der Waals surface area contributed by atoms with Gasteiger partial charge in [0.2, 0.25) is 23.2 Å². The van der Waals surface area contributed by atoms with E-state index >= 15 is 0 Å². The molecule has 9 N–H and O–H groups in total. The maximum Gasteiger partial charge on any atom is 0.335 e. The van der Waals surface area contributed by atoms with Gasteiger partial charge < -0.3 is 59.8 Å². The Balaban J connectivity index is 1.95. The van der Waals surface area contributed by atoms with E-state index in [0.717, 1.165) is 18.2 Å². The van der Waals surface area contributed by atoms with E-state index in [1.54, 1.807) is 0 Å². The van der Waals surface area contributed by atoms with Crippen molar-refractivity contribution in [1.29, 1.82) is 0 Å². The first-order chi connectivity index (χ1) is 16.4. The molecular formula is C21H18O14. The fourth-order valence-electron chi connectivity index (χ4n) is 3.53. The highest BCUT2D eigenvalue weighted by molar-refractivity contribution is 5.93. The number of fused-ring (bicyclic) bond motifs is 1. The largest absolute Gasteiger partial charge is 0.507 e. The second-order valence-corrected chi connectivity index (χ2v) is 7.61. The van der Waals surface area contributed by atoms with E-state index in [0.29, 0.717) is 6.07 Å². The normalized spacial score (nSPS) is 24.4. The molecule has 0 saturated carbocycles. The van der Waals surface area contributed by atoms with E-state index in [4.69, 9.17) is 13.9 Å². The highest BCUT2D eigenvalue weighted by atomic mass is 16.7. The lowest BCUT2D eigenvalue weighted by Crippen LogP contribution is -2.61. The van der Waals surface area contributed by atoms with E-state index in [1.807, 2.05) is 0 Å². The highest BCUT2D eigenvalue weighted by Gasteiger charge is 2.48. The third kappa shape index (κ3) is 3.89. The number of phenolic OH excluding ortho intramolecular Hbond substituents is 5. The molecule has 1 aromatic heterocycles. The van der Waals surface area contributed by atoms with Crippen molar-refractivity contribution in [3.63, 3.8) is 0 Å². The van der Waals surface area contributed by atoms with Crippen molar-refractivity contribution >= 4 is 16.9 Å². The van der Waals surface area contributed by atoms with Gasteiger partial charge in [-0.05, 0) is 18.2 Å². The SMILES string of the molecule is O=C(O)[C@H]1O[C@@H](Oc2c(-c3ccc(O)c(O)c3)oc3c(O)c(O)cc(O)c3c2=O)C(O)C(O)[C@@H]1O. The highest BCUT2D eigenvalue weighted by Crippen LogP contribution is 2.43. The molecule has 35 heavy (non-hydrogen) atoms. The van der Waals surface area contributed by atoms with Gasteiger partial charge in [0.15, 0.2) is 34.7 Å². The zero-order valence-corrected chi connectivity index (χ0v) is 17.3. The van der Waals surface area contributed by atoms with E-state index in [9.17, 15) is 55.5 Å². The third-order valence-electron chi connectivity index (χ3n) is 5.34. The predicted molar refractivity (Wildman–Crippen MR) is 111 cm³/mol. The van der Waals surface area contributed by atoms with Crippen molar-refractivity contribution in [2.24, 2.45) is 0 Å². The molecule has 14 nitrogen and oxygen atoms in total. The van der Waals surface area contributed by atoms with Crippen LogP contribution < -0.4 is 10.2 Å². The number of ether oxygens (including phenoxy) is 2. The Hall–Kier alpha value is -4.24. The molecule has 5 atom stereocenters. The molecule has 2 heterocycles. The molecule has 1 aliphatic heterocycles. The van der Waals surface area contributed by atoms with E-state index < -0.39 is 93.3 Å². The van der Waals surface area contributed by atoms with Crippen LogP contribution in [0.1, 0.15) is 0 Å². The van der Waals surface area contributed by atoms with Gasteiger partial charge in [0.1, 0.15) is 29.4 Å². The van der Waals surface area contributed by atoms with Crippen LogP contribution in [0.15, 0.2) is 33.5 Å². The Morgan fingerprint density at radius 2 is 1.54 bits per heavy atom. The predicted octanol–water partition coefficient (Wildman–Crippen LogP) is -0.741. The summed E-state index contributed by atoms with van der Waals surface area (Å²) >= 11 is 0. The zero-order valence-electron chi connectivity index (χ0n) is 17.3. The van der Waals surface area contributed by atoms with Crippen LogP contribution in [-0.4, -0.2) is 82.6 Å². The zero-order chi connectivity index (χ0) is 25.8. The average Bonchev–Trinajstić information content (AvgIpc) is 2.80. The number of phenols is 5. The minimum absolute atomic E-state index is 0.155. The van der Waals surface area contributed by atoms with E-state index in [1.165, 1.54) is 0 Å². The van der Waals surface area contributed by atoms with Crippen molar-refractivity contribution in [2.75, 3.05) is 0 Å². The molecule has 186 valence electrons. The molecule has 1 aliphatic rings. The summed E-state index contributed by atoms with van der Waals surface area (Å²) < 4.78 is 15.9. The van der Waals surface area contributed by atoms with Crippen molar-refractivity contribution in [3.8, 4) is 45.8 Å². The smallest absolute Gasteiger partial charge is 0.335 e. The summed E-state index contributed by atoms with van der Waals surface area (Å²) in [6.45, 7) is 0. The number of hydrogen-bond donors (Lipinski definition) is 9. The lowest BCUT2D eigenvalue weighted by atomic mass is 9.99. The van der Waals surface area contributed by atoms with Crippen LogP contribution in [0.2, 0.25) is 0 Å². The molecule has 0 amide bonds. The van der Waals surface area contributed by atoms with Crippen molar-refractivity contribution < 1.29 is 64.6 Å². The summed E-state index contributed by atoms with van der Waals surface area (Å²) in [5, 5.41) is 88.3. The summed E-state index contributed by atoms with van der Waals surface area (Å²) in [6, 6.07) is 3.70. The van der Waals surface area contributed by atoms with Crippen molar-refractivity contribution in [3.05, 3.63) is 34.5 Å².